The zero-order chi connectivity index (χ0) is 22.4. The minimum atomic E-state index is -0.442. The largest absolute Gasteiger partial charge is 0.465 e. The van der Waals surface area contributed by atoms with Gasteiger partial charge in [-0.1, -0.05) is 6.92 Å². The monoisotopic (exact) mass is 428 g/mol. The molecule has 0 aliphatic carbocycles. The van der Waals surface area contributed by atoms with E-state index in [2.05, 4.69) is 32.1 Å². The molecule has 1 saturated heterocycles. The van der Waals surface area contributed by atoms with Crippen molar-refractivity contribution in [3.8, 4) is 0 Å². The molecule has 0 spiro atoms. The van der Waals surface area contributed by atoms with Gasteiger partial charge < -0.3 is 25.2 Å². The first kappa shape index (κ1) is 22.6. The van der Waals surface area contributed by atoms with Gasteiger partial charge in [0.15, 0.2) is 0 Å². The third kappa shape index (κ3) is 5.73. The molecule has 31 heavy (non-hydrogen) atoms. The van der Waals surface area contributed by atoms with Gasteiger partial charge in [-0.15, -0.1) is 0 Å². The van der Waals surface area contributed by atoms with Gasteiger partial charge in [0.1, 0.15) is 5.82 Å². The zero-order valence-electron chi connectivity index (χ0n) is 18.2. The molecule has 8 heteroatoms. The number of anilines is 2. The second-order valence-electron chi connectivity index (χ2n) is 7.51. The number of amides is 2. The summed E-state index contributed by atoms with van der Waals surface area (Å²) in [5, 5.41) is 5.61. The standard InChI is InChI=1S/C23H29FN4O3/c1-4-27-11-13-28(14-12-27)21-10-7-18(24)15-20(21)16(2)25-23(30)26-19-8-5-17(6-9-19)22(29)31-3/h5-10,15-16H,4,11-14H2,1-3H3,(H2,25,26,30). The van der Waals surface area contributed by atoms with Gasteiger partial charge >= 0.3 is 12.0 Å². The lowest BCUT2D eigenvalue weighted by Crippen LogP contribution is -2.46. The Labute approximate surface area is 182 Å². The van der Waals surface area contributed by atoms with Gasteiger partial charge in [-0.3, -0.25) is 0 Å². The van der Waals surface area contributed by atoms with Crippen LogP contribution in [0.2, 0.25) is 0 Å². The number of carbonyl (C=O) groups is 2. The lowest BCUT2D eigenvalue weighted by molar-refractivity contribution is 0.0600. The van der Waals surface area contributed by atoms with E-state index in [4.69, 9.17) is 0 Å². The number of ether oxygens (including phenoxy) is 1. The van der Waals surface area contributed by atoms with Crippen LogP contribution in [0.1, 0.15) is 35.8 Å². The number of urea groups is 1. The fourth-order valence-electron chi connectivity index (χ4n) is 3.71. The highest BCUT2D eigenvalue weighted by Crippen LogP contribution is 2.28. The number of carbonyl (C=O) groups excluding carboxylic acids is 2. The Morgan fingerprint density at radius 1 is 1.10 bits per heavy atom. The van der Waals surface area contributed by atoms with E-state index in [1.807, 2.05) is 6.92 Å². The van der Waals surface area contributed by atoms with Crippen LogP contribution in [0.15, 0.2) is 42.5 Å². The number of nitrogens with zero attached hydrogens (tertiary/aromatic N) is 2. The van der Waals surface area contributed by atoms with Crippen LogP contribution in [-0.2, 0) is 4.74 Å². The predicted molar refractivity (Wildman–Crippen MR) is 119 cm³/mol. The van der Waals surface area contributed by atoms with Crippen LogP contribution >= 0.6 is 0 Å². The summed E-state index contributed by atoms with van der Waals surface area (Å²) in [6.45, 7) is 8.63. The number of nitrogens with one attached hydrogen (secondary N) is 2. The zero-order valence-corrected chi connectivity index (χ0v) is 18.2. The number of likely N-dealkylation sites (N-methyl/N-ethyl adjacent to an activating group) is 1. The van der Waals surface area contributed by atoms with E-state index in [1.54, 1.807) is 30.3 Å². The van der Waals surface area contributed by atoms with E-state index in [0.717, 1.165) is 44.0 Å². The molecule has 7 nitrogen and oxygen atoms in total. The van der Waals surface area contributed by atoms with Crippen molar-refractivity contribution in [2.45, 2.75) is 19.9 Å². The number of halogens is 1. The van der Waals surface area contributed by atoms with Crippen LogP contribution in [0.4, 0.5) is 20.6 Å². The molecule has 0 aromatic heterocycles. The Balaban J connectivity index is 1.67. The molecule has 1 atom stereocenters. The molecule has 2 aromatic rings. The molecule has 1 aliphatic rings. The molecular formula is C23H29FN4O3. The minimum absolute atomic E-state index is 0.335. The van der Waals surface area contributed by atoms with Crippen LogP contribution in [0.25, 0.3) is 0 Å². The fourth-order valence-corrected chi connectivity index (χ4v) is 3.71. The molecule has 0 bridgehead atoms. The number of hydrogen-bond donors (Lipinski definition) is 2. The topological polar surface area (TPSA) is 73.9 Å². The average molecular weight is 429 g/mol. The quantitative estimate of drug-likeness (QED) is 0.688. The van der Waals surface area contributed by atoms with E-state index in [1.165, 1.54) is 19.2 Å². The van der Waals surface area contributed by atoms with Gasteiger partial charge in [0.05, 0.1) is 18.7 Å². The maximum Gasteiger partial charge on any atom is 0.337 e. The first-order valence-electron chi connectivity index (χ1n) is 10.4. The maximum absolute atomic E-state index is 14.0. The Morgan fingerprint density at radius 3 is 2.39 bits per heavy atom. The molecule has 1 unspecified atom stereocenters. The molecule has 0 saturated carbocycles. The number of piperazine rings is 1. The molecule has 1 heterocycles. The van der Waals surface area contributed by atoms with Gasteiger partial charge in [0.25, 0.3) is 0 Å². The smallest absolute Gasteiger partial charge is 0.337 e. The summed E-state index contributed by atoms with van der Waals surface area (Å²) in [4.78, 5) is 28.6. The van der Waals surface area contributed by atoms with Gasteiger partial charge in [-0.05, 0) is 55.9 Å². The minimum Gasteiger partial charge on any atom is -0.465 e. The van der Waals surface area contributed by atoms with Crippen molar-refractivity contribution in [3.05, 3.63) is 59.4 Å². The third-order valence-electron chi connectivity index (χ3n) is 5.53. The van der Waals surface area contributed by atoms with E-state index in [-0.39, 0.29) is 5.82 Å². The van der Waals surface area contributed by atoms with Crippen molar-refractivity contribution in [2.24, 2.45) is 0 Å². The fraction of sp³-hybridized carbons (Fsp3) is 0.391. The van der Waals surface area contributed by atoms with Crippen LogP contribution < -0.4 is 15.5 Å². The Hall–Kier alpha value is -3.13. The summed E-state index contributed by atoms with van der Waals surface area (Å²) >= 11 is 0. The summed E-state index contributed by atoms with van der Waals surface area (Å²) in [6, 6.07) is 10.3. The highest BCUT2D eigenvalue weighted by Gasteiger charge is 2.22. The summed E-state index contributed by atoms with van der Waals surface area (Å²) in [6.07, 6.45) is 0. The number of esters is 1. The van der Waals surface area contributed by atoms with E-state index >= 15 is 0 Å². The second-order valence-corrected chi connectivity index (χ2v) is 7.51. The predicted octanol–water partition coefficient (Wildman–Crippen LogP) is 3.64. The van der Waals surface area contributed by atoms with E-state index in [9.17, 15) is 14.0 Å². The number of hydrogen-bond acceptors (Lipinski definition) is 5. The third-order valence-corrected chi connectivity index (χ3v) is 5.53. The Bertz CT molecular complexity index is 912. The molecule has 2 N–H and O–H groups in total. The average Bonchev–Trinajstić information content (AvgIpc) is 2.79. The van der Waals surface area contributed by atoms with Crippen LogP contribution in [0.3, 0.4) is 0 Å². The highest BCUT2D eigenvalue weighted by molar-refractivity contribution is 5.92. The molecular weight excluding hydrogens is 399 g/mol. The van der Waals surface area contributed by atoms with Crippen LogP contribution in [-0.4, -0.2) is 56.7 Å². The summed E-state index contributed by atoms with van der Waals surface area (Å²) in [5.74, 6) is -0.776. The molecule has 0 radical (unpaired) electrons. The molecule has 2 aromatic carbocycles. The molecule has 1 aliphatic heterocycles. The van der Waals surface area contributed by atoms with Crippen molar-refractivity contribution in [1.29, 1.82) is 0 Å². The Kier molecular flexibility index (Phi) is 7.46. The first-order valence-corrected chi connectivity index (χ1v) is 10.4. The molecule has 2 amide bonds. The summed E-state index contributed by atoms with van der Waals surface area (Å²) < 4.78 is 18.7. The Morgan fingerprint density at radius 2 is 1.77 bits per heavy atom. The summed E-state index contributed by atoms with van der Waals surface area (Å²) in [7, 11) is 1.31. The summed E-state index contributed by atoms with van der Waals surface area (Å²) in [5.41, 5.74) is 2.61. The lowest BCUT2D eigenvalue weighted by atomic mass is 10.0. The van der Waals surface area contributed by atoms with Crippen LogP contribution in [0.5, 0.6) is 0 Å². The highest BCUT2D eigenvalue weighted by atomic mass is 19.1. The van der Waals surface area contributed by atoms with Crippen molar-refractivity contribution in [3.63, 3.8) is 0 Å². The lowest BCUT2D eigenvalue weighted by Gasteiger charge is -2.37. The van der Waals surface area contributed by atoms with E-state index in [0.29, 0.717) is 11.3 Å². The van der Waals surface area contributed by atoms with Gasteiger partial charge in [0, 0.05) is 43.1 Å². The van der Waals surface area contributed by atoms with Gasteiger partial charge in [0.2, 0.25) is 0 Å². The molecule has 1 fully saturated rings. The van der Waals surface area contributed by atoms with Crippen molar-refractivity contribution >= 4 is 23.4 Å². The number of methoxy groups -OCH3 is 1. The van der Waals surface area contributed by atoms with Crippen molar-refractivity contribution in [2.75, 3.05) is 50.1 Å². The SMILES string of the molecule is CCN1CCN(c2ccc(F)cc2C(C)NC(=O)Nc2ccc(C(=O)OC)cc2)CC1. The maximum atomic E-state index is 14.0. The molecule has 3 rings (SSSR count). The second kappa shape index (κ2) is 10.3. The van der Waals surface area contributed by atoms with Gasteiger partial charge in [-0.25, -0.2) is 14.0 Å². The van der Waals surface area contributed by atoms with Gasteiger partial charge in [-0.2, -0.15) is 0 Å². The van der Waals surface area contributed by atoms with Crippen LogP contribution in [0, 0.1) is 5.82 Å². The number of rotatable bonds is 6. The van der Waals surface area contributed by atoms with Crippen molar-refractivity contribution < 1.29 is 18.7 Å². The first-order chi connectivity index (χ1) is 14.9. The molecule has 166 valence electrons. The van der Waals surface area contributed by atoms with Crippen molar-refractivity contribution in [1.82, 2.24) is 10.2 Å². The van der Waals surface area contributed by atoms with E-state index < -0.39 is 18.0 Å². The number of benzene rings is 2. The normalized spacial score (nSPS) is 15.3.